The van der Waals surface area contributed by atoms with Gasteiger partial charge in [-0.1, -0.05) is 6.07 Å². The summed E-state index contributed by atoms with van der Waals surface area (Å²) in [7, 11) is 1.72. The molecule has 7 heteroatoms. The lowest BCUT2D eigenvalue weighted by molar-refractivity contribution is -0.138. The van der Waals surface area contributed by atoms with Crippen molar-refractivity contribution in [3.8, 4) is 0 Å². The van der Waals surface area contributed by atoms with E-state index in [9.17, 15) is 13.2 Å². The number of rotatable bonds is 3. The van der Waals surface area contributed by atoms with Crippen LogP contribution >= 0.6 is 0 Å². The molecule has 2 rings (SSSR count). The van der Waals surface area contributed by atoms with Gasteiger partial charge in [0, 0.05) is 18.3 Å². The predicted octanol–water partition coefficient (Wildman–Crippen LogP) is 3.90. The molecule has 0 saturated heterocycles. The Kier molecular flexibility index (Phi) is 4.02. The number of nitrogens with one attached hydrogen (secondary N) is 2. The molecule has 0 amide bonds. The molecule has 0 atom stereocenters. The van der Waals surface area contributed by atoms with Crippen LogP contribution in [0.15, 0.2) is 24.5 Å². The molecule has 1 aromatic carbocycles. The molecule has 0 fully saturated rings. The van der Waals surface area contributed by atoms with Gasteiger partial charge in [-0.2, -0.15) is 13.2 Å². The summed E-state index contributed by atoms with van der Waals surface area (Å²) >= 11 is 0. The zero-order valence-corrected chi connectivity index (χ0v) is 11.8. The lowest BCUT2D eigenvalue weighted by atomic mass is 10.1. The Labute approximate surface area is 120 Å². The van der Waals surface area contributed by atoms with Crippen molar-refractivity contribution in [1.82, 2.24) is 9.97 Å². The van der Waals surface area contributed by atoms with E-state index in [1.807, 2.05) is 0 Å². The summed E-state index contributed by atoms with van der Waals surface area (Å²) < 4.78 is 38.7. The van der Waals surface area contributed by atoms with Crippen LogP contribution in [-0.4, -0.2) is 17.0 Å². The van der Waals surface area contributed by atoms with E-state index in [1.165, 1.54) is 19.3 Å². The van der Waals surface area contributed by atoms with Gasteiger partial charge >= 0.3 is 6.18 Å². The summed E-state index contributed by atoms with van der Waals surface area (Å²) in [4.78, 5) is 8.08. The van der Waals surface area contributed by atoms with E-state index in [4.69, 9.17) is 0 Å². The van der Waals surface area contributed by atoms with Crippen LogP contribution in [0.4, 0.5) is 30.5 Å². The molecule has 1 aromatic heterocycles. The molecule has 21 heavy (non-hydrogen) atoms. The lowest BCUT2D eigenvalue weighted by Gasteiger charge is -2.14. The zero-order chi connectivity index (χ0) is 15.6. The molecule has 0 aliphatic rings. The first-order valence-electron chi connectivity index (χ1n) is 6.27. The van der Waals surface area contributed by atoms with Crippen LogP contribution in [0.3, 0.4) is 0 Å². The highest BCUT2D eigenvalue weighted by atomic mass is 19.4. The average molecular weight is 296 g/mol. The van der Waals surface area contributed by atoms with Crippen molar-refractivity contribution in [2.45, 2.75) is 20.0 Å². The normalized spacial score (nSPS) is 11.3. The molecule has 112 valence electrons. The SMILES string of the molecule is CNc1ncnc(Nc2ccc(C)c(C(F)(F)F)c2)c1C. The van der Waals surface area contributed by atoms with Crippen LogP contribution in [0.25, 0.3) is 0 Å². The van der Waals surface area contributed by atoms with Crippen molar-refractivity contribution in [3.63, 3.8) is 0 Å². The summed E-state index contributed by atoms with van der Waals surface area (Å²) in [6, 6.07) is 4.10. The molecule has 2 aromatic rings. The minimum absolute atomic E-state index is 0.184. The van der Waals surface area contributed by atoms with E-state index < -0.39 is 11.7 Å². The maximum Gasteiger partial charge on any atom is 0.416 e. The first-order valence-corrected chi connectivity index (χ1v) is 6.27. The van der Waals surface area contributed by atoms with Crippen molar-refractivity contribution in [3.05, 3.63) is 41.2 Å². The molecular formula is C14H15F3N4. The van der Waals surface area contributed by atoms with Crippen LogP contribution in [0.1, 0.15) is 16.7 Å². The number of alkyl halides is 3. The van der Waals surface area contributed by atoms with E-state index in [0.29, 0.717) is 17.3 Å². The fourth-order valence-electron chi connectivity index (χ4n) is 1.97. The summed E-state index contributed by atoms with van der Waals surface area (Å²) in [5, 5.41) is 5.79. The van der Waals surface area contributed by atoms with Crippen molar-refractivity contribution in [1.29, 1.82) is 0 Å². The second-order valence-electron chi connectivity index (χ2n) is 4.60. The molecule has 0 aliphatic carbocycles. The van der Waals surface area contributed by atoms with Crippen molar-refractivity contribution in [2.24, 2.45) is 0 Å². The number of hydrogen-bond acceptors (Lipinski definition) is 4. The fraction of sp³-hybridized carbons (Fsp3) is 0.286. The zero-order valence-electron chi connectivity index (χ0n) is 11.8. The summed E-state index contributed by atoms with van der Waals surface area (Å²) in [5.74, 6) is 1.09. The number of hydrogen-bond donors (Lipinski definition) is 2. The third-order valence-corrected chi connectivity index (χ3v) is 3.13. The van der Waals surface area contributed by atoms with Crippen LogP contribution in [0.2, 0.25) is 0 Å². The predicted molar refractivity (Wildman–Crippen MR) is 75.8 cm³/mol. The van der Waals surface area contributed by atoms with Gasteiger partial charge < -0.3 is 10.6 Å². The summed E-state index contributed by atoms with van der Waals surface area (Å²) in [5.41, 5.74) is 0.585. The van der Waals surface area contributed by atoms with E-state index in [-0.39, 0.29) is 5.56 Å². The van der Waals surface area contributed by atoms with Crippen LogP contribution in [-0.2, 0) is 6.18 Å². The molecule has 0 radical (unpaired) electrons. The maximum atomic E-state index is 12.9. The van der Waals surface area contributed by atoms with Gasteiger partial charge in [-0.05, 0) is 31.5 Å². The van der Waals surface area contributed by atoms with Gasteiger partial charge in [-0.3, -0.25) is 0 Å². The highest BCUT2D eigenvalue weighted by molar-refractivity contribution is 5.65. The van der Waals surface area contributed by atoms with E-state index in [2.05, 4.69) is 20.6 Å². The number of benzene rings is 1. The Hall–Kier alpha value is -2.31. The Morgan fingerprint density at radius 2 is 1.71 bits per heavy atom. The second-order valence-corrected chi connectivity index (χ2v) is 4.60. The Morgan fingerprint density at radius 3 is 2.33 bits per heavy atom. The number of halogens is 3. The van der Waals surface area contributed by atoms with Crippen LogP contribution < -0.4 is 10.6 Å². The second kappa shape index (κ2) is 5.59. The third kappa shape index (κ3) is 3.24. The van der Waals surface area contributed by atoms with Crippen LogP contribution in [0, 0.1) is 13.8 Å². The standard InChI is InChI=1S/C14H15F3N4/c1-8-4-5-10(6-11(8)14(15,16)17)21-13-9(2)12(18-3)19-7-20-13/h4-7H,1-3H3,(H2,18,19,20,21). The Balaban J connectivity index is 2.37. The van der Waals surface area contributed by atoms with Gasteiger partial charge in [0.1, 0.15) is 18.0 Å². The molecule has 1 heterocycles. The van der Waals surface area contributed by atoms with Crippen molar-refractivity contribution in [2.75, 3.05) is 17.7 Å². The molecular weight excluding hydrogens is 281 g/mol. The van der Waals surface area contributed by atoms with E-state index in [1.54, 1.807) is 20.0 Å². The minimum atomic E-state index is -4.38. The van der Waals surface area contributed by atoms with Gasteiger partial charge in [-0.25, -0.2) is 9.97 Å². The van der Waals surface area contributed by atoms with E-state index >= 15 is 0 Å². The monoisotopic (exact) mass is 296 g/mol. The van der Waals surface area contributed by atoms with Gasteiger partial charge in [0.15, 0.2) is 0 Å². The summed E-state index contributed by atoms with van der Waals surface area (Å²) in [6.45, 7) is 3.22. The quantitative estimate of drug-likeness (QED) is 0.902. The summed E-state index contributed by atoms with van der Waals surface area (Å²) in [6.07, 6.45) is -3.03. The first kappa shape index (κ1) is 15.1. The third-order valence-electron chi connectivity index (χ3n) is 3.13. The Bertz CT molecular complexity index is 653. The highest BCUT2D eigenvalue weighted by Crippen LogP contribution is 2.34. The molecule has 0 bridgehead atoms. The average Bonchev–Trinajstić information content (AvgIpc) is 2.42. The smallest absolute Gasteiger partial charge is 0.373 e. The Morgan fingerprint density at radius 1 is 1.05 bits per heavy atom. The topological polar surface area (TPSA) is 49.8 Å². The molecule has 4 nitrogen and oxygen atoms in total. The molecule has 0 saturated carbocycles. The van der Waals surface area contributed by atoms with Crippen molar-refractivity contribution >= 4 is 17.3 Å². The van der Waals surface area contributed by atoms with E-state index in [0.717, 1.165) is 11.6 Å². The van der Waals surface area contributed by atoms with Crippen molar-refractivity contribution < 1.29 is 13.2 Å². The fourth-order valence-corrected chi connectivity index (χ4v) is 1.97. The number of nitrogens with zero attached hydrogens (tertiary/aromatic N) is 2. The molecule has 2 N–H and O–H groups in total. The van der Waals surface area contributed by atoms with Gasteiger partial charge in [0.25, 0.3) is 0 Å². The van der Waals surface area contributed by atoms with Gasteiger partial charge in [0.05, 0.1) is 5.56 Å². The largest absolute Gasteiger partial charge is 0.416 e. The number of aryl methyl sites for hydroxylation is 1. The molecule has 0 unspecified atom stereocenters. The van der Waals surface area contributed by atoms with Crippen LogP contribution in [0.5, 0.6) is 0 Å². The minimum Gasteiger partial charge on any atom is -0.373 e. The van der Waals surface area contributed by atoms with Gasteiger partial charge in [0.2, 0.25) is 0 Å². The highest BCUT2D eigenvalue weighted by Gasteiger charge is 2.32. The first-order chi connectivity index (χ1) is 9.82. The lowest BCUT2D eigenvalue weighted by Crippen LogP contribution is -2.08. The number of aromatic nitrogens is 2. The van der Waals surface area contributed by atoms with Gasteiger partial charge in [-0.15, -0.1) is 0 Å². The number of anilines is 3. The molecule has 0 aliphatic heterocycles. The maximum absolute atomic E-state index is 12.9. The molecule has 0 spiro atoms.